The summed E-state index contributed by atoms with van der Waals surface area (Å²) in [4.78, 5) is 21.3. The average Bonchev–Trinajstić information content (AvgIpc) is 2.25. The minimum absolute atomic E-state index is 0.0498. The molecule has 0 bridgehead atoms. The van der Waals surface area contributed by atoms with E-state index >= 15 is 0 Å². The van der Waals surface area contributed by atoms with Crippen molar-refractivity contribution in [2.75, 3.05) is 5.75 Å². The summed E-state index contributed by atoms with van der Waals surface area (Å²) in [7, 11) is -1.60. The number of hydrogen-bond donors (Lipinski definition) is 2. The Morgan fingerprint density at radius 2 is 1.81 bits per heavy atom. The third-order valence-corrected chi connectivity index (χ3v) is 3.29. The predicted octanol–water partition coefficient (Wildman–Crippen LogP) is 0.967. The Morgan fingerprint density at radius 1 is 1.19 bits per heavy atom. The zero-order chi connectivity index (χ0) is 12.1. The van der Waals surface area contributed by atoms with Gasteiger partial charge in [-0.15, -0.1) is 0 Å². The molecule has 1 rings (SSSR count). The van der Waals surface area contributed by atoms with Gasteiger partial charge in [0.15, 0.2) is 0 Å². The van der Waals surface area contributed by atoms with E-state index in [1.54, 1.807) is 6.07 Å². The molecule has 1 aromatic carbocycles. The van der Waals surface area contributed by atoms with Gasteiger partial charge in [0.05, 0.1) is 27.7 Å². The second-order valence-corrected chi connectivity index (χ2v) is 4.53. The van der Waals surface area contributed by atoms with Crippen molar-refractivity contribution in [3.63, 3.8) is 0 Å². The lowest BCUT2D eigenvalue weighted by atomic mass is 10.2. The normalized spacial score (nSPS) is 12.0. The van der Waals surface area contributed by atoms with Crippen molar-refractivity contribution in [3.05, 3.63) is 29.8 Å². The summed E-state index contributed by atoms with van der Waals surface area (Å²) in [6.07, 6.45) is -0.249. The number of carboxylic acids is 2. The maximum atomic E-state index is 11.7. The third-order valence-electron chi connectivity index (χ3n) is 1.86. The fourth-order valence-corrected chi connectivity index (χ4v) is 2.34. The molecule has 0 heterocycles. The van der Waals surface area contributed by atoms with Crippen molar-refractivity contribution in [2.24, 2.45) is 0 Å². The first-order valence-electron chi connectivity index (χ1n) is 4.45. The van der Waals surface area contributed by atoms with E-state index in [2.05, 4.69) is 0 Å². The van der Waals surface area contributed by atoms with E-state index in [1.165, 1.54) is 18.2 Å². The molecule has 0 radical (unpaired) electrons. The number of hydrogen-bond acceptors (Lipinski definition) is 3. The van der Waals surface area contributed by atoms with Crippen LogP contribution in [0.15, 0.2) is 29.2 Å². The summed E-state index contributed by atoms with van der Waals surface area (Å²) in [5, 5.41) is 17.3. The molecule has 0 aliphatic heterocycles. The van der Waals surface area contributed by atoms with Crippen LogP contribution in [0, 0.1) is 0 Å². The van der Waals surface area contributed by atoms with Gasteiger partial charge in [-0.25, -0.2) is 4.79 Å². The fraction of sp³-hybridized carbons (Fsp3) is 0.200. The van der Waals surface area contributed by atoms with E-state index in [1.807, 2.05) is 0 Å². The monoisotopic (exact) mass is 242 g/mol. The van der Waals surface area contributed by atoms with E-state index in [0.29, 0.717) is 0 Å². The third kappa shape index (κ3) is 3.16. The van der Waals surface area contributed by atoms with Gasteiger partial charge in [0.1, 0.15) is 0 Å². The minimum Gasteiger partial charge on any atom is -0.481 e. The van der Waals surface area contributed by atoms with E-state index in [4.69, 9.17) is 10.2 Å². The van der Waals surface area contributed by atoms with Gasteiger partial charge >= 0.3 is 11.9 Å². The van der Waals surface area contributed by atoms with Crippen LogP contribution in [-0.4, -0.2) is 32.1 Å². The molecule has 1 aromatic rings. The number of carboxylic acid groups (broad SMARTS) is 2. The Hall–Kier alpha value is -1.69. The zero-order valence-electron chi connectivity index (χ0n) is 8.25. The molecule has 86 valence electrons. The van der Waals surface area contributed by atoms with Gasteiger partial charge in [0, 0.05) is 5.75 Å². The molecule has 6 heteroatoms. The van der Waals surface area contributed by atoms with Crippen molar-refractivity contribution in [1.29, 1.82) is 0 Å². The summed E-state index contributed by atoms with van der Waals surface area (Å²) in [5.41, 5.74) is -0.0498. The molecule has 16 heavy (non-hydrogen) atoms. The summed E-state index contributed by atoms with van der Waals surface area (Å²) < 4.78 is 11.7. The summed E-state index contributed by atoms with van der Waals surface area (Å²) in [6, 6.07) is 5.87. The van der Waals surface area contributed by atoms with Gasteiger partial charge in [-0.3, -0.25) is 9.00 Å². The van der Waals surface area contributed by atoms with Crippen LogP contribution >= 0.6 is 0 Å². The predicted molar refractivity (Wildman–Crippen MR) is 56.9 cm³/mol. The lowest BCUT2D eigenvalue weighted by Crippen LogP contribution is -2.09. The SMILES string of the molecule is O=C(O)CC[S@@](=O)c1ccccc1C(=O)O. The first-order chi connectivity index (χ1) is 7.52. The topological polar surface area (TPSA) is 91.7 Å². The van der Waals surface area contributed by atoms with Crippen molar-refractivity contribution < 1.29 is 24.0 Å². The van der Waals surface area contributed by atoms with Crippen molar-refractivity contribution >= 4 is 22.7 Å². The van der Waals surface area contributed by atoms with Crippen LogP contribution in [0.4, 0.5) is 0 Å². The molecule has 0 aliphatic rings. The maximum Gasteiger partial charge on any atom is 0.336 e. The molecule has 0 fully saturated rings. The molecule has 0 unspecified atom stereocenters. The van der Waals surface area contributed by atoms with Crippen LogP contribution in [0.1, 0.15) is 16.8 Å². The van der Waals surface area contributed by atoms with Gasteiger partial charge in [0.25, 0.3) is 0 Å². The summed E-state index contributed by atoms with van der Waals surface area (Å²) in [6.45, 7) is 0. The van der Waals surface area contributed by atoms with Gasteiger partial charge in [-0.2, -0.15) is 0 Å². The quantitative estimate of drug-likeness (QED) is 0.802. The highest BCUT2D eigenvalue weighted by molar-refractivity contribution is 7.85. The lowest BCUT2D eigenvalue weighted by molar-refractivity contribution is -0.136. The molecule has 0 saturated heterocycles. The second-order valence-electron chi connectivity index (χ2n) is 2.99. The highest BCUT2D eigenvalue weighted by Crippen LogP contribution is 2.14. The molecular formula is C10H10O5S. The van der Waals surface area contributed by atoms with Gasteiger partial charge in [0.2, 0.25) is 0 Å². The van der Waals surface area contributed by atoms with Gasteiger partial charge < -0.3 is 10.2 Å². The van der Waals surface area contributed by atoms with Crippen molar-refractivity contribution in [2.45, 2.75) is 11.3 Å². The summed E-state index contributed by atoms with van der Waals surface area (Å²) in [5.74, 6) is -2.31. The molecule has 0 aromatic heterocycles. The Bertz CT molecular complexity index is 441. The van der Waals surface area contributed by atoms with E-state index in [-0.39, 0.29) is 22.6 Å². The molecule has 2 N–H and O–H groups in total. The van der Waals surface area contributed by atoms with Crippen LogP contribution in [0.3, 0.4) is 0 Å². The van der Waals surface area contributed by atoms with Gasteiger partial charge in [-0.05, 0) is 12.1 Å². The number of aliphatic carboxylic acids is 1. The highest BCUT2D eigenvalue weighted by Gasteiger charge is 2.15. The molecule has 0 saturated carbocycles. The Balaban J connectivity index is 2.90. The Kier molecular flexibility index (Phi) is 4.19. The summed E-state index contributed by atoms with van der Waals surface area (Å²) >= 11 is 0. The molecule has 5 nitrogen and oxygen atoms in total. The fourth-order valence-electron chi connectivity index (χ4n) is 1.13. The van der Waals surface area contributed by atoms with Crippen LogP contribution < -0.4 is 0 Å². The molecule has 0 aliphatic carbocycles. The first kappa shape index (κ1) is 12.4. The highest BCUT2D eigenvalue weighted by atomic mass is 32.2. The van der Waals surface area contributed by atoms with Crippen LogP contribution in [0.25, 0.3) is 0 Å². The minimum atomic E-state index is -1.60. The van der Waals surface area contributed by atoms with Gasteiger partial charge in [-0.1, -0.05) is 12.1 Å². The number of carbonyl (C=O) groups is 2. The largest absolute Gasteiger partial charge is 0.481 e. The maximum absolute atomic E-state index is 11.7. The van der Waals surface area contributed by atoms with Crippen LogP contribution in [-0.2, 0) is 15.6 Å². The first-order valence-corrected chi connectivity index (χ1v) is 5.76. The van der Waals surface area contributed by atoms with Crippen LogP contribution in [0.2, 0.25) is 0 Å². The second kappa shape index (κ2) is 5.41. The van der Waals surface area contributed by atoms with Crippen molar-refractivity contribution in [1.82, 2.24) is 0 Å². The lowest BCUT2D eigenvalue weighted by Gasteiger charge is -2.04. The van der Waals surface area contributed by atoms with E-state index < -0.39 is 22.7 Å². The molecule has 1 atom stereocenters. The molecular weight excluding hydrogens is 232 g/mol. The van der Waals surface area contributed by atoms with Crippen molar-refractivity contribution in [3.8, 4) is 0 Å². The zero-order valence-corrected chi connectivity index (χ0v) is 9.07. The Morgan fingerprint density at radius 3 is 2.38 bits per heavy atom. The average molecular weight is 242 g/mol. The van der Waals surface area contributed by atoms with E-state index in [0.717, 1.165) is 0 Å². The molecule has 0 amide bonds. The Labute approximate surface area is 94.2 Å². The van der Waals surface area contributed by atoms with E-state index in [9.17, 15) is 13.8 Å². The smallest absolute Gasteiger partial charge is 0.336 e. The standard InChI is InChI=1S/C10H10O5S/c11-9(12)5-6-16(15)8-4-2-1-3-7(8)10(13)14/h1-4H,5-6H2,(H,11,12)(H,13,14)/t16-/m1/s1. The molecule has 0 spiro atoms. The number of rotatable bonds is 5. The number of aromatic carboxylic acids is 1. The van der Waals surface area contributed by atoms with Crippen LogP contribution in [0.5, 0.6) is 0 Å². The number of benzene rings is 1.